The molecular weight excluding hydrogens is 403 g/mol. The van der Waals surface area contributed by atoms with Gasteiger partial charge in [-0.3, -0.25) is 0 Å². The average Bonchev–Trinajstić information content (AvgIpc) is 3.27. The van der Waals surface area contributed by atoms with Crippen LogP contribution in [0.2, 0.25) is 0 Å². The maximum atomic E-state index is 14.8. The van der Waals surface area contributed by atoms with Gasteiger partial charge in [0.2, 0.25) is 0 Å². The fourth-order valence-electron chi connectivity index (χ4n) is 4.20. The normalized spacial score (nSPS) is 33.3. The first-order valence-electron chi connectivity index (χ1n) is 9.86. The third-order valence-corrected chi connectivity index (χ3v) is 7.67. The number of allylic oxidation sites excluding steroid dienone is 5. The van der Waals surface area contributed by atoms with E-state index in [2.05, 4.69) is 23.1 Å². The van der Waals surface area contributed by atoms with E-state index in [4.69, 9.17) is 33.3 Å². The molecule has 0 aliphatic heterocycles. The van der Waals surface area contributed by atoms with E-state index in [0.717, 1.165) is 12.8 Å². The highest BCUT2D eigenvalue weighted by molar-refractivity contribution is 7.23. The molecule has 0 heterocycles. The van der Waals surface area contributed by atoms with Crippen molar-refractivity contribution in [3.05, 3.63) is 33.6 Å². The van der Waals surface area contributed by atoms with Crippen molar-refractivity contribution in [2.45, 2.75) is 69.5 Å². The smallest absolute Gasteiger partial charge is 0.136 e. The molecule has 6 heteroatoms. The van der Waals surface area contributed by atoms with Crippen LogP contribution in [0.4, 0.5) is 4.39 Å². The van der Waals surface area contributed by atoms with E-state index in [1.54, 1.807) is 6.08 Å². The van der Waals surface area contributed by atoms with Crippen LogP contribution in [0.15, 0.2) is 33.6 Å². The molecule has 0 spiro atoms. The van der Waals surface area contributed by atoms with Gasteiger partial charge in [0, 0.05) is 16.2 Å². The van der Waals surface area contributed by atoms with Gasteiger partial charge in [0.25, 0.3) is 0 Å². The minimum atomic E-state index is -1.33. The number of rotatable bonds is 7. The number of halogens is 3. The highest BCUT2D eigenvalue weighted by Crippen LogP contribution is 2.51. The van der Waals surface area contributed by atoms with Crippen molar-refractivity contribution in [3.8, 4) is 0 Å². The molecule has 0 aromatic heterocycles. The SMILES string of the molecule is CC[C@@H]1C[C@H](C)C[C@H]1OC/C(C(=N)C1=C(Cl)C=CCC1Cl)=C(/P)C1(F)CC1. The number of hydrogen-bond donors (Lipinski definition) is 1. The minimum absolute atomic E-state index is 0.169. The monoisotopic (exact) mass is 431 g/mol. The minimum Gasteiger partial charge on any atom is -0.373 e. The Kier molecular flexibility index (Phi) is 6.89. The molecule has 150 valence electrons. The number of ether oxygens (including phenoxy) is 1. The maximum absolute atomic E-state index is 14.8. The predicted octanol–water partition coefficient (Wildman–Crippen LogP) is 6.54. The number of nitrogens with one attached hydrogen (secondary N) is 1. The Bertz CT molecular complexity index is 698. The zero-order chi connectivity index (χ0) is 19.8. The largest absolute Gasteiger partial charge is 0.373 e. The van der Waals surface area contributed by atoms with Gasteiger partial charge in [-0.25, -0.2) is 4.39 Å². The summed E-state index contributed by atoms with van der Waals surface area (Å²) in [6.07, 6.45) is 8.74. The van der Waals surface area contributed by atoms with Crippen LogP contribution >= 0.6 is 32.4 Å². The fourth-order valence-corrected chi connectivity index (χ4v) is 5.42. The molecule has 0 radical (unpaired) electrons. The second-order valence-corrected chi connectivity index (χ2v) is 9.71. The molecule has 2 saturated carbocycles. The van der Waals surface area contributed by atoms with E-state index < -0.39 is 5.67 Å². The summed E-state index contributed by atoms with van der Waals surface area (Å²) in [5.74, 6) is 1.18. The molecular formula is C21H29Cl2FNOP. The second kappa shape index (κ2) is 8.66. The summed E-state index contributed by atoms with van der Waals surface area (Å²) in [7, 11) is 2.53. The zero-order valence-electron chi connectivity index (χ0n) is 16.0. The summed E-state index contributed by atoms with van der Waals surface area (Å²) in [6.45, 7) is 4.68. The van der Waals surface area contributed by atoms with Crippen LogP contribution in [0.3, 0.4) is 0 Å². The van der Waals surface area contributed by atoms with Gasteiger partial charge in [0.05, 0.1) is 23.8 Å². The molecule has 3 aliphatic carbocycles. The Balaban J connectivity index is 1.85. The van der Waals surface area contributed by atoms with Gasteiger partial charge in [-0.2, -0.15) is 0 Å². The van der Waals surface area contributed by atoms with Gasteiger partial charge in [0.15, 0.2) is 0 Å². The van der Waals surface area contributed by atoms with Crippen LogP contribution in [-0.2, 0) is 4.74 Å². The van der Waals surface area contributed by atoms with E-state index >= 15 is 0 Å². The topological polar surface area (TPSA) is 33.1 Å². The third-order valence-electron chi connectivity index (χ3n) is 6.08. The lowest BCUT2D eigenvalue weighted by molar-refractivity contribution is 0.0415. The Hall–Kier alpha value is -0.210. The van der Waals surface area contributed by atoms with Crippen molar-refractivity contribution in [1.82, 2.24) is 0 Å². The molecule has 0 aromatic rings. The van der Waals surface area contributed by atoms with Gasteiger partial charge >= 0.3 is 0 Å². The summed E-state index contributed by atoms with van der Waals surface area (Å²) in [4.78, 5) is 0. The standard InChI is InChI=1S/C21H29Cl2FNOP/c1-3-13-9-12(2)10-17(13)26-11-14(20(27)21(24)7-8-21)19(25)18-15(22)5-4-6-16(18)23/h4-5,12-13,16-17,25H,3,6-11,27H2,1-2H3/b20-14-,25-19?/t12-,13+,16?,17+/m0/s1. The summed E-state index contributed by atoms with van der Waals surface area (Å²) < 4.78 is 21.1. The number of hydrogen-bond acceptors (Lipinski definition) is 2. The molecule has 3 rings (SSSR count). The van der Waals surface area contributed by atoms with Crippen molar-refractivity contribution < 1.29 is 9.13 Å². The third kappa shape index (κ3) is 4.69. The van der Waals surface area contributed by atoms with Gasteiger partial charge in [-0.1, -0.05) is 37.9 Å². The number of alkyl halides is 2. The lowest BCUT2D eigenvalue weighted by Gasteiger charge is -2.25. The van der Waals surface area contributed by atoms with E-state index in [1.807, 2.05) is 6.08 Å². The maximum Gasteiger partial charge on any atom is 0.136 e. The highest BCUT2D eigenvalue weighted by Gasteiger charge is 2.47. The predicted molar refractivity (Wildman–Crippen MR) is 116 cm³/mol. The van der Waals surface area contributed by atoms with Gasteiger partial charge < -0.3 is 10.1 Å². The van der Waals surface area contributed by atoms with E-state index in [9.17, 15) is 4.39 Å². The van der Waals surface area contributed by atoms with Crippen LogP contribution in [0.25, 0.3) is 0 Å². The molecule has 3 aliphatic rings. The van der Waals surface area contributed by atoms with E-state index in [-0.39, 0.29) is 23.8 Å². The molecule has 0 amide bonds. The Labute approximate surface area is 174 Å². The Morgan fingerprint density at radius 2 is 2.11 bits per heavy atom. The highest BCUT2D eigenvalue weighted by atomic mass is 35.5. The van der Waals surface area contributed by atoms with Gasteiger partial charge in [0.1, 0.15) is 5.67 Å². The van der Waals surface area contributed by atoms with E-state index in [0.29, 0.717) is 52.6 Å². The molecule has 0 bridgehead atoms. The zero-order valence-corrected chi connectivity index (χ0v) is 18.7. The van der Waals surface area contributed by atoms with Crippen LogP contribution in [0.1, 0.15) is 52.4 Å². The second-order valence-electron chi connectivity index (χ2n) is 8.19. The van der Waals surface area contributed by atoms with Crippen molar-refractivity contribution in [2.24, 2.45) is 11.8 Å². The van der Waals surface area contributed by atoms with Crippen LogP contribution in [-0.4, -0.2) is 29.5 Å². The van der Waals surface area contributed by atoms with Crippen molar-refractivity contribution >= 4 is 38.2 Å². The van der Waals surface area contributed by atoms with E-state index in [1.165, 1.54) is 6.42 Å². The molecule has 2 fully saturated rings. The fraction of sp³-hybridized carbons (Fsp3) is 0.667. The molecule has 0 saturated heterocycles. The average molecular weight is 432 g/mol. The summed E-state index contributed by atoms with van der Waals surface area (Å²) in [5.41, 5.74) is 0.0543. The van der Waals surface area contributed by atoms with Crippen molar-refractivity contribution in [3.63, 3.8) is 0 Å². The van der Waals surface area contributed by atoms with Gasteiger partial charge in [-0.15, -0.1) is 20.8 Å². The van der Waals surface area contributed by atoms with Crippen LogP contribution in [0, 0.1) is 17.2 Å². The summed E-state index contributed by atoms with van der Waals surface area (Å²) in [6, 6.07) is 0. The molecule has 0 aromatic carbocycles. The Morgan fingerprint density at radius 3 is 2.70 bits per heavy atom. The van der Waals surface area contributed by atoms with Crippen molar-refractivity contribution in [1.29, 1.82) is 5.41 Å². The first kappa shape index (κ1) is 21.5. The molecule has 2 unspecified atom stereocenters. The van der Waals surface area contributed by atoms with Crippen LogP contribution < -0.4 is 0 Å². The first-order chi connectivity index (χ1) is 12.8. The van der Waals surface area contributed by atoms with Crippen LogP contribution in [0.5, 0.6) is 0 Å². The molecule has 1 N–H and O–H groups in total. The molecule has 2 nitrogen and oxygen atoms in total. The Morgan fingerprint density at radius 1 is 1.41 bits per heavy atom. The molecule has 27 heavy (non-hydrogen) atoms. The lowest BCUT2D eigenvalue weighted by atomic mass is 9.93. The summed E-state index contributed by atoms with van der Waals surface area (Å²) in [5, 5.41) is 9.40. The first-order valence-corrected chi connectivity index (χ1v) is 11.2. The van der Waals surface area contributed by atoms with Gasteiger partial charge in [-0.05, 0) is 55.3 Å². The quantitative estimate of drug-likeness (QED) is 0.277. The van der Waals surface area contributed by atoms with Crippen molar-refractivity contribution in [2.75, 3.05) is 6.61 Å². The summed E-state index contributed by atoms with van der Waals surface area (Å²) >= 11 is 12.8. The lowest BCUT2D eigenvalue weighted by Crippen LogP contribution is -2.25. The molecule has 5 atom stereocenters.